The van der Waals surface area contributed by atoms with Crippen LogP contribution < -0.4 is 10.6 Å². The Labute approximate surface area is 123 Å². The maximum Gasteiger partial charge on any atom is 0.224 e. The van der Waals surface area contributed by atoms with Crippen LogP contribution in [0.3, 0.4) is 0 Å². The normalized spacial score (nSPS) is 18.4. The highest BCUT2D eigenvalue weighted by Crippen LogP contribution is 2.19. The summed E-state index contributed by atoms with van der Waals surface area (Å²) >= 11 is 0. The Kier molecular flexibility index (Phi) is 4.25. The molecule has 0 saturated carbocycles. The molecule has 6 heteroatoms. The standard InChI is InChI=1S/C15H19N5O/c21-14(10-12-4-1-6-16-11-12)19-13-5-2-7-17-15(13)20-9-3-8-18-20/h2-3,5,7-9,12,16H,1,4,6,10-11H2,(H,19,21). The summed E-state index contributed by atoms with van der Waals surface area (Å²) in [4.78, 5) is 16.5. The number of nitrogens with zero attached hydrogens (tertiary/aromatic N) is 3. The molecule has 3 heterocycles. The summed E-state index contributed by atoms with van der Waals surface area (Å²) in [6, 6.07) is 5.49. The van der Waals surface area contributed by atoms with Crippen molar-refractivity contribution in [3.63, 3.8) is 0 Å². The first-order valence-electron chi connectivity index (χ1n) is 7.28. The van der Waals surface area contributed by atoms with Crippen LogP contribution in [0.25, 0.3) is 5.82 Å². The molecule has 2 aromatic heterocycles. The number of amides is 1. The molecule has 21 heavy (non-hydrogen) atoms. The Morgan fingerprint density at radius 3 is 3.14 bits per heavy atom. The average molecular weight is 285 g/mol. The number of anilines is 1. The van der Waals surface area contributed by atoms with Gasteiger partial charge in [-0.2, -0.15) is 5.10 Å². The summed E-state index contributed by atoms with van der Waals surface area (Å²) in [5, 5.41) is 10.5. The SMILES string of the molecule is O=C(CC1CCCNC1)Nc1cccnc1-n1cccn1. The fraction of sp³-hybridized carbons (Fsp3) is 0.400. The monoisotopic (exact) mass is 285 g/mol. The van der Waals surface area contributed by atoms with Crippen LogP contribution in [-0.4, -0.2) is 33.8 Å². The van der Waals surface area contributed by atoms with Gasteiger partial charge in [-0.25, -0.2) is 9.67 Å². The molecule has 0 radical (unpaired) electrons. The molecule has 0 bridgehead atoms. The Bertz CT molecular complexity index is 590. The van der Waals surface area contributed by atoms with E-state index in [9.17, 15) is 4.79 Å². The molecule has 0 aliphatic carbocycles. The zero-order valence-electron chi connectivity index (χ0n) is 11.8. The molecule has 6 nitrogen and oxygen atoms in total. The lowest BCUT2D eigenvalue weighted by Crippen LogP contribution is -2.32. The van der Waals surface area contributed by atoms with E-state index in [0.29, 0.717) is 23.8 Å². The maximum atomic E-state index is 12.2. The predicted molar refractivity (Wildman–Crippen MR) is 80.2 cm³/mol. The number of piperidine rings is 1. The quantitative estimate of drug-likeness (QED) is 0.895. The molecule has 0 spiro atoms. The highest BCUT2D eigenvalue weighted by atomic mass is 16.1. The summed E-state index contributed by atoms with van der Waals surface area (Å²) in [7, 11) is 0. The molecule has 1 saturated heterocycles. The Morgan fingerprint density at radius 2 is 2.38 bits per heavy atom. The van der Waals surface area contributed by atoms with Crippen molar-refractivity contribution in [2.45, 2.75) is 19.3 Å². The van der Waals surface area contributed by atoms with Crippen molar-refractivity contribution < 1.29 is 4.79 Å². The van der Waals surface area contributed by atoms with Crippen molar-refractivity contribution in [1.82, 2.24) is 20.1 Å². The number of rotatable bonds is 4. The minimum Gasteiger partial charge on any atom is -0.323 e. The van der Waals surface area contributed by atoms with Crippen molar-refractivity contribution in [2.24, 2.45) is 5.92 Å². The largest absolute Gasteiger partial charge is 0.323 e. The molecule has 1 aliphatic rings. The van der Waals surface area contributed by atoms with E-state index in [1.54, 1.807) is 17.1 Å². The minimum absolute atomic E-state index is 0.0325. The van der Waals surface area contributed by atoms with Gasteiger partial charge in [0.2, 0.25) is 5.91 Å². The number of carbonyl (C=O) groups excluding carboxylic acids is 1. The van der Waals surface area contributed by atoms with Crippen LogP contribution in [-0.2, 0) is 4.79 Å². The lowest BCUT2D eigenvalue weighted by atomic mass is 9.96. The smallest absolute Gasteiger partial charge is 0.224 e. The molecule has 1 fully saturated rings. The highest BCUT2D eigenvalue weighted by Gasteiger charge is 2.17. The fourth-order valence-electron chi connectivity index (χ4n) is 2.63. The van der Waals surface area contributed by atoms with Crippen LogP contribution in [0.5, 0.6) is 0 Å². The zero-order valence-corrected chi connectivity index (χ0v) is 11.8. The van der Waals surface area contributed by atoms with Crippen molar-refractivity contribution in [3.05, 3.63) is 36.8 Å². The van der Waals surface area contributed by atoms with E-state index in [4.69, 9.17) is 0 Å². The van der Waals surface area contributed by atoms with Gasteiger partial charge in [0.1, 0.15) is 0 Å². The van der Waals surface area contributed by atoms with Gasteiger partial charge < -0.3 is 10.6 Å². The molecule has 3 rings (SSSR count). The van der Waals surface area contributed by atoms with E-state index >= 15 is 0 Å². The predicted octanol–water partition coefficient (Wildman–Crippen LogP) is 1.60. The summed E-state index contributed by atoms with van der Waals surface area (Å²) in [6.07, 6.45) is 7.98. The van der Waals surface area contributed by atoms with Crippen molar-refractivity contribution in [2.75, 3.05) is 18.4 Å². The van der Waals surface area contributed by atoms with Crippen molar-refractivity contribution >= 4 is 11.6 Å². The van der Waals surface area contributed by atoms with Crippen LogP contribution in [0.15, 0.2) is 36.8 Å². The van der Waals surface area contributed by atoms with Crippen LogP contribution in [0.4, 0.5) is 5.69 Å². The second-order valence-electron chi connectivity index (χ2n) is 5.29. The second-order valence-corrected chi connectivity index (χ2v) is 5.29. The van der Waals surface area contributed by atoms with Gasteiger partial charge >= 0.3 is 0 Å². The van der Waals surface area contributed by atoms with Crippen LogP contribution in [0.1, 0.15) is 19.3 Å². The summed E-state index contributed by atoms with van der Waals surface area (Å²) in [6.45, 7) is 1.98. The third-order valence-electron chi connectivity index (χ3n) is 3.66. The summed E-state index contributed by atoms with van der Waals surface area (Å²) in [5.41, 5.74) is 0.690. The van der Waals surface area contributed by atoms with Gasteiger partial charge in [0.05, 0.1) is 5.69 Å². The first-order chi connectivity index (χ1) is 10.3. The minimum atomic E-state index is 0.0325. The Morgan fingerprint density at radius 1 is 1.43 bits per heavy atom. The van der Waals surface area contributed by atoms with Gasteiger partial charge in [0.15, 0.2) is 5.82 Å². The third-order valence-corrected chi connectivity index (χ3v) is 3.66. The number of pyridine rings is 1. The molecule has 2 N–H and O–H groups in total. The number of nitrogens with one attached hydrogen (secondary N) is 2. The van der Waals surface area contributed by atoms with Gasteiger partial charge in [-0.05, 0) is 50.0 Å². The molecule has 1 atom stereocenters. The lowest BCUT2D eigenvalue weighted by Gasteiger charge is -2.22. The zero-order chi connectivity index (χ0) is 14.5. The molecule has 110 valence electrons. The highest BCUT2D eigenvalue weighted by molar-refractivity contribution is 5.92. The first-order valence-corrected chi connectivity index (χ1v) is 7.28. The molecule has 0 aromatic carbocycles. The van der Waals surface area contributed by atoms with Crippen molar-refractivity contribution in [3.8, 4) is 5.82 Å². The van der Waals surface area contributed by atoms with Gasteiger partial charge in [-0.1, -0.05) is 0 Å². The van der Waals surface area contributed by atoms with E-state index in [1.807, 2.05) is 24.4 Å². The van der Waals surface area contributed by atoms with E-state index in [1.165, 1.54) is 0 Å². The van der Waals surface area contributed by atoms with E-state index in [0.717, 1.165) is 25.9 Å². The number of hydrogen-bond acceptors (Lipinski definition) is 4. The molecular weight excluding hydrogens is 266 g/mol. The number of aromatic nitrogens is 3. The average Bonchev–Trinajstić information content (AvgIpc) is 3.03. The summed E-state index contributed by atoms with van der Waals surface area (Å²) in [5.74, 6) is 1.09. The van der Waals surface area contributed by atoms with Crippen LogP contribution in [0.2, 0.25) is 0 Å². The van der Waals surface area contributed by atoms with Gasteiger partial charge in [-0.3, -0.25) is 4.79 Å². The van der Waals surface area contributed by atoms with Crippen LogP contribution >= 0.6 is 0 Å². The molecule has 1 unspecified atom stereocenters. The number of hydrogen-bond donors (Lipinski definition) is 2. The molecule has 1 amide bonds. The fourth-order valence-corrected chi connectivity index (χ4v) is 2.63. The van der Waals surface area contributed by atoms with E-state index in [-0.39, 0.29) is 5.91 Å². The maximum absolute atomic E-state index is 12.2. The third kappa shape index (κ3) is 3.46. The Balaban J connectivity index is 1.68. The van der Waals surface area contributed by atoms with Crippen molar-refractivity contribution in [1.29, 1.82) is 0 Å². The second kappa shape index (κ2) is 6.49. The lowest BCUT2D eigenvalue weighted by molar-refractivity contribution is -0.117. The molecule has 2 aromatic rings. The molecular formula is C15H19N5O. The van der Waals surface area contributed by atoms with Crippen LogP contribution in [0, 0.1) is 5.92 Å². The topological polar surface area (TPSA) is 71.8 Å². The number of carbonyl (C=O) groups is 1. The first kappa shape index (κ1) is 13.8. The molecule has 1 aliphatic heterocycles. The summed E-state index contributed by atoms with van der Waals surface area (Å²) < 4.78 is 1.65. The van der Waals surface area contributed by atoms with E-state index < -0.39 is 0 Å². The van der Waals surface area contributed by atoms with Gasteiger partial charge in [0, 0.05) is 25.0 Å². The Hall–Kier alpha value is -2.21. The van der Waals surface area contributed by atoms with E-state index in [2.05, 4.69) is 20.7 Å². The van der Waals surface area contributed by atoms with Gasteiger partial charge in [0.25, 0.3) is 0 Å². The van der Waals surface area contributed by atoms with Gasteiger partial charge in [-0.15, -0.1) is 0 Å².